The highest BCUT2D eigenvalue weighted by molar-refractivity contribution is 5.94. The molecule has 5 N–H and O–H groups in total. The lowest BCUT2D eigenvalue weighted by molar-refractivity contribution is -0.129. The number of carbonyl (C=O) groups is 3. The molecule has 0 radical (unpaired) electrons. The normalized spacial score (nSPS) is 12.9. The van der Waals surface area contributed by atoms with Crippen LogP contribution in [0.3, 0.4) is 0 Å². The Morgan fingerprint density at radius 3 is 2.14 bits per heavy atom. The van der Waals surface area contributed by atoms with Gasteiger partial charge in [-0.15, -0.1) is 0 Å². The smallest absolute Gasteiger partial charge is 0.357 e. The molecular weight excluding hydrogens is 466 g/mol. The summed E-state index contributed by atoms with van der Waals surface area (Å²) in [7, 11) is 1.48. The molecule has 0 aromatic heterocycles. The molecule has 0 aliphatic heterocycles. The zero-order valence-electron chi connectivity index (χ0n) is 20.8. The van der Waals surface area contributed by atoms with Gasteiger partial charge in [-0.05, 0) is 67.5 Å². The minimum Gasteiger partial charge on any atom is -0.357 e. The van der Waals surface area contributed by atoms with Crippen LogP contribution in [0.4, 0.5) is 8.78 Å². The maximum absolute atomic E-state index is 13.3. The van der Waals surface area contributed by atoms with Crippen LogP contribution >= 0.6 is 0 Å². The van der Waals surface area contributed by atoms with Gasteiger partial charge < -0.3 is 21.7 Å². The fraction of sp³-hybridized carbons (Fsp3) is 0.407. The van der Waals surface area contributed by atoms with Crippen LogP contribution in [0.1, 0.15) is 53.2 Å². The third-order valence-corrected chi connectivity index (χ3v) is 5.88. The molecule has 0 saturated heterocycles. The van der Waals surface area contributed by atoms with E-state index in [0.29, 0.717) is 36.9 Å². The second-order valence-corrected chi connectivity index (χ2v) is 8.69. The number of alkyl halides is 2. The molecule has 36 heavy (non-hydrogen) atoms. The van der Waals surface area contributed by atoms with E-state index in [1.54, 1.807) is 12.1 Å². The van der Waals surface area contributed by atoms with E-state index in [0.717, 1.165) is 12.0 Å². The topological polar surface area (TPSA) is 113 Å². The molecule has 2 aromatic rings. The van der Waals surface area contributed by atoms with Crippen LogP contribution in [0, 0.1) is 6.92 Å². The Bertz CT molecular complexity index is 1010. The number of nitrogens with one attached hydrogen (secondary N) is 3. The van der Waals surface area contributed by atoms with E-state index in [-0.39, 0.29) is 23.8 Å². The third-order valence-electron chi connectivity index (χ3n) is 5.88. The van der Waals surface area contributed by atoms with Crippen molar-refractivity contribution in [3.8, 4) is 0 Å². The molecule has 0 heterocycles. The number of unbranched alkanes of at least 4 members (excludes halogenated alkanes) is 1. The van der Waals surface area contributed by atoms with E-state index < -0.39 is 23.9 Å². The molecule has 0 saturated carbocycles. The quantitative estimate of drug-likeness (QED) is 0.250. The number of carbonyl (C=O) groups excluding carboxylic acids is 3. The van der Waals surface area contributed by atoms with Crippen LogP contribution in [0.2, 0.25) is 0 Å². The summed E-state index contributed by atoms with van der Waals surface area (Å²) in [5, 5.41) is 8.05. The predicted molar refractivity (Wildman–Crippen MR) is 135 cm³/mol. The first-order valence-electron chi connectivity index (χ1n) is 12.0. The van der Waals surface area contributed by atoms with Gasteiger partial charge in [-0.25, -0.2) is 0 Å². The molecular formula is C27H35F2N4O3+. The highest BCUT2D eigenvalue weighted by Crippen LogP contribution is 2.26. The Labute approximate surface area is 211 Å². The molecule has 2 aromatic carbocycles. The monoisotopic (exact) mass is 501 g/mol. The zero-order valence-corrected chi connectivity index (χ0v) is 20.8. The van der Waals surface area contributed by atoms with Gasteiger partial charge in [0.05, 0.1) is 11.6 Å². The number of likely N-dealkylation sites (N-methyl/N-ethyl adjacent to an activating group) is 1. The fourth-order valence-electron chi connectivity index (χ4n) is 3.62. The van der Waals surface area contributed by atoms with Crippen LogP contribution in [0.5, 0.6) is 0 Å². The highest BCUT2D eigenvalue weighted by Gasteiger charge is 2.33. The minimum absolute atomic E-state index is 0.126. The van der Waals surface area contributed by atoms with Gasteiger partial charge in [0.1, 0.15) is 13.0 Å². The number of rotatable bonds is 13. The summed E-state index contributed by atoms with van der Waals surface area (Å²) < 4.78 is 26.5. The van der Waals surface area contributed by atoms with Crippen molar-refractivity contribution in [1.82, 2.24) is 16.0 Å². The average molecular weight is 502 g/mol. The minimum atomic E-state index is -3.19. The molecule has 2 rings (SSSR count). The zero-order chi connectivity index (χ0) is 26.7. The van der Waals surface area contributed by atoms with Gasteiger partial charge in [0, 0.05) is 19.2 Å². The summed E-state index contributed by atoms with van der Waals surface area (Å²) in [4.78, 5) is 37.1. The van der Waals surface area contributed by atoms with E-state index in [1.165, 1.54) is 31.3 Å². The second kappa shape index (κ2) is 13.6. The number of halogens is 2. The Hall–Kier alpha value is -3.46. The van der Waals surface area contributed by atoms with Crippen molar-refractivity contribution in [3.05, 3.63) is 77.7 Å². The summed E-state index contributed by atoms with van der Waals surface area (Å²) in [6.07, 6.45) is 2.61. The number of nitrogens with two attached hydrogens (primary N) is 1. The van der Waals surface area contributed by atoms with Gasteiger partial charge in [-0.1, -0.05) is 31.2 Å². The molecule has 3 amide bonds. The SMILES string of the molecule is [CH2+]C(F)(F)c1ccc(CC(N)C(=O)NC(CCCCNC(=O)c2ccc(CC)cc2)C(=O)NC)cc1. The van der Waals surface area contributed by atoms with E-state index in [2.05, 4.69) is 22.9 Å². The van der Waals surface area contributed by atoms with Gasteiger partial charge in [-0.2, -0.15) is 8.78 Å². The molecule has 0 aliphatic rings. The molecule has 194 valence electrons. The maximum Gasteiger partial charge on any atom is 0.411 e. The van der Waals surface area contributed by atoms with Crippen LogP contribution in [-0.2, 0) is 28.4 Å². The molecule has 0 spiro atoms. The van der Waals surface area contributed by atoms with Gasteiger partial charge in [0.15, 0.2) is 0 Å². The number of hydrogen-bond acceptors (Lipinski definition) is 4. The van der Waals surface area contributed by atoms with Crippen molar-refractivity contribution in [2.45, 2.75) is 57.0 Å². The molecule has 2 unspecified atom stereocenters. The number of amides is 3. The summed E-state index contributed by atoms with van der Waals surface area (Å²) in [6.45, 7) is 5.28. The Balaban J connectivity index is 1.80. The van der Waals surface area contributed by atoms with Crippen molar-refractivity contribution >= 4 is 17.7 Å². The number of hydrogen-bond donors (Lipinski definition) is 4. The molecule has 7 nitrogen and oxygen atoms in total. The first-order valence-corrected chi connectivity index (χ1v) is 12.0. The summed E-state index contributed by atoms with van der Waals surface area (Å²) in [5.74, 6) is -4.22. The van der Waals surface area contributed by atoms with Gasteiger partial charge >= 0.3 is 5.92 Å². The largest absolute Gasteiger partial charge is 0.411 e. The van der Waals surface area contributed by atoms with Gasteiger partial charge in [-0.3, -0.25) is 14.4 Å². The highest BCUT2D eigenvalue weighted by atomic mass is 19.3. The van der Waals surface area contributed by atoms with Crippen molar-refractivity contribution < 1.29 is 23.2 Å². The third kappa shape index (κ3) is 8.96. The van der Waals surface area contributed by atoms with Crippen molar-refractivity contribution in [2.75, 3.05) is 13.6 Å². The number of aryl methyl sites for hydroxylation is 1. The van der Waals surface area contributed by atoms with E-state index in [4.69, 9.17) is 5.73 Å². The van der Waals surface area contributed by atoms with Gasteiger partial charge in [0.25, 0.3) is 5.91 Å². The van der Waals surface area contributed by atoms with E-state index >= 15 is 0 Å². The maximum atomic E-state index is 13.3. The van der Waals surface area contributed by atoms with Crippen molar-refractivity contribution in [2.24, 2.45) is 5.73 Å². The van der Waals surface area contributed by atoms with E-state index in [9.17, 15) is 23.2 Å². The summed E-state index contributed by atoms with van der Waals surface area (Å²) >= 11 is 0. The fourth-order valence-corrected chi connectivity index (χ4v) is 3.62. The lowest BCUT2D eigenvalue weighted by Crippen LogP contribution is -2.51. The Kier molecular flexibility index (Phi) is 10.9. The van der Waals surface area contributed by atoms with Crippen LogP contribution in [0.25, 0.3) is 0 Å². The predicted octanol–water partition coefficient (Wildman–Crippen LogP) is 2.88. The Morgan fingerprint density at radius 1 is 0.972 bits per heavy atom. The van der Waals surface area contributed by atoms with Crippen LogP contribution in [-0.4, -0.2) is 43.4 Å². The van der Waals surface area contributed by atoms with Crippen LogP contribution in [0.15, 0.2) is 48.5 Å². The van der Waals surface area contributed by atoms with Crippen molar-refractivity contribution in [3.63, 3.8) is 0 Å². The molecule has 2 atom stereocenters. The molecule has 9 heteroatoms. The van der Waals surface area contributed by atoms with Gasteiger partial charge in [0.2, 0.25) is 11.8 Å². The van der Waals surface area contributed by atoms with Crippen LogP contribution < -0.4 is 21.7 Å². The van der Waals surface area contributed by atoms with Crippen molar-refractivity contribution in [1.29, 1.82) is 0 Å². The Morgan fingerprint density at radius 2 is 1.58 bits per heavy atom. The number of benzene rings is 2. The first kappa shape index (κ1) is 28.8. The first-order chi connectivity index (χ1) is 17.0. The summed E-state index contributed by atoms with van der Waals surface area (Å²) in [5.41, 5.74) is 8.13. The second-order valence-electron chi connectivity index (χ2n) is 8.69. The molecule has 0 aliphatic carbocycles. The molecule has 0 fully saturated rings. The molecule has 0 bridgehead atoms. The average Bonchev–Trinajstić information content (AvgIpc) is 2.86. The summed E-state index contributed by atoms with van der Waals surface area (Å²) in [6, 6.07) is 11.1. The lowest BCUT2D eigenvalue weighted by atomic mass is 10.0. The standard InChI is InChI=1S/C27H34F2N4O3/c1-4-18-8-12-20(13-9-18)24(34)32-16-6-5-7-23(26(36)31-3)33-25(35)22(30)17-19-10-14-21(15-11-19)27(2,28)29/h8-15,22-23H,2,4-7,16-17,30H2,1,3H3,(H2-,31,32,33,34,35,36)/p+1. The van der Waals surface area contributed by atoms with E-state index in [1.807, 2.05) is 19.1 Å². The lowest BCUT2D eigenvalue weighted by Gasteiger charge is -2.20.